The largest absolute Gasteiger partial charge is 0.337 e. The maximum Gasteiger partial charge on any atom is 0.226 e. The maximum absolute atomic E-state index is 12.2. The lowest BCUT2D eigenvalue weighted by Gasteiger charge is -2.20. The van der Waals surface area contributed by atoms with Gasteiger partial charge in [0.15, 0.2) is 0 Å². The minimum atomic E-state index is -0.103. The molecule has 2 rings (SSSR count). The Kier molecular flexibility index (Phi) is 6.07. The van der Waals surface area contributed by atoms with Crippen LogP contribution in [0.3, 0.4) is 0 Å². The molecule has 0 bridgehead atoms. The highest BCUT2D eigenvalue weighted by Crippen LogP contribution is 2.16. The van der Waals surface area contributed by atoms with Crippen LogP contribution in [0.25, 0.3) is 0 Å². The molecule has 0 fully saturated rings. The monoisotopic (exact) mass is 325 g/mol. The fourth-order valence-corrected chi connectivity index (χ4v) is 2.44. The highest BCUT2D eigenvalue weighted by atomic mass is 16.2. The summed E-state index contributed by atoms with van der Waals surface area (Å²) in [7, 11) is 0. The summed E-state index contributed by atoms with van der Waals surface area (Å²) < 4.78 is 0. The van der Waals surface area contributed by atoms with E-state index in [1.165, 1.54) is 6.92 Å². The quantitative estimate of drug-likeness (QED) is 0.888. The first kappa shape index (κ1) is 17.7. The summed E-state index contributed by atoms with van der Waals surface area (Å²) in [5.74, 6) is -0.172. The van der Waals surface area contributed by atoms with Crippen molar-refractivity contribution in [2.75, 3.05) is 11.9 Å². The SMILES string of the molecule is CC(=O)N(CCC(=O)Nc1ccc(C)cc1C)Cc1ccccn1. The Balaban J connectivity index is 1.91. The van der Waals surface area contributed by atoms with Crippen molar-refractivity contribution in [2.24, 2.45) is 0 Å². The standard InChI is InChI=1S/C19H23N3O2/c1-14-7-8-18(15(2)12-14)21-19(24)9-11-22(16(3)23)13-17-6-4-5-10-20-17/h4-8,10,12H,9,11,13H2,1-3H3,(H,21,24). The number of hydrogen-bond acceptors (Lipinski definition) is 3. The van der Waals surface area contributed by atoms with Crippen LogP contribution in [0.1, 0.15) is 30.2 Å². The van der Waals surface area contributed by atoms with Crippen LogP contribution in [0.5, 0.6) is 0 Å². The van der Waals surface area contributed by atoms with E-state index in [9.17, 15) is 9.59 Å². The van der Waals surface area contributed by atoms with Crippen molar-refractivity contribution in [1.29, 1.82) is 0 Å². The predicted octanol–water partition coefficient (Wildman–Crippen LogP) is 3.08. The number of anilines is 1. The normalized spacial score (nSPS) is 10.3. The van der Waals surface area contributed by atoms with Gasteiger partial charge in [-0.2, -0.15) is 0 Å². The van der Waals surface area contributed by atoms with E-state index < -0.39 is 0 Å². The molecule has 1 N–H and O–H groups in total. The zero-order valence-corrected chi connectivity index (χ0v) is 14.4. The second-order valence-corrected chi connectivity index (χ2v) is 5.88. The first-order valence-electron chi connectivity index (χ1n) is 7.98. The van der Waals surface area contributed by atoms with E-state index in [4.69, 9.17) is 0 Å². The van der Waals surface area contributed by atoms with Gasteiger partial charge in [0.1, 0.15) is 0 Å². The molecule has 0 atom stereocenters. The van der Waals surface area contributed by atoms with Crippen molar-refractivity contribution in [3.63, 3.8) is 0 Å². The topological polar surface area (TPSA) is 62.3 Å². The Morgan fingerprint density at radius 1 is 1.17 bits per heavy atom. The summed E-state index contributed by atoms with van der Waals surface area (Å²) >= 11 is 0. The average Bonchev–Trinajstić information content (AvgIpc) is 2.55. The molecule has 126 valence electrons. The Morgan fingerprint density at radius 3 is 2.58 bits per heavy atom. The van der Waals surface area contributed by atoms with Gasteiger partial charge in [0.05, 0.1) is 12.2 Å². The number of nitrogens with one attached hydrogen (secondary N) is 1. The van der Waals surface area contributed by atoms with Gasteiger partial charge in [0, 0.05) is 31.8 Å². The lowest BCUT2D eigenvalue weighted by Crippen LogP contribution is -2.31. The highest BCUT2D eigenvalue weighted by Gasteiger charge is 2.13. The lowest BCUT2D eigenvalue weighted by molar-refractivity contribution is -0.130. The van der Waals surface area contributed by atoms with Gasteiger partial charge in [-0.25, -0.2) is 0 Å². The van der Waals surface area contributed by atoms with Crippen LogP contribution in [-0.4, -0.2) is 28.2 Å². The number of aromatic nitrogens is 1. The van der Waals surface area contributed by atoms with Crippen LogP contribution in [0, 0.1) is 13.8 Å². The first-order chi connectivity index (χ1) is 11.5. The highest BCUT2D eigenvalue weighted by molar-refractivity contribution is 5.91. The van der Waals surface area contributed by atoms with Gasteiger partial charge in [-0.1, -0.05) is 23.8 Å². The van der Waals surface area contributed by atoms with E-state index in [-0.39, 0.29) is 18.2 Å². The van der Waals surface area contributed by atoms with Crippen molar-refractivity contribution >= 4 is 17.5 Å². The smallest absolute Gasteiger partial charge is 0.226 e. The van der Waals surface area contributed by atoms with Gasteiger partial charge in [-0.3, -0.25) is 14.6 Å². The third-order valence-electron chi connectivity index (χ3n) is 3.79. The first-order valence-corrected chi connectivity index (χ1v) is 7.98. The summed E-state index contributed by atoms with van der Waals surface area (Å²) in [5, 5.41) is 2.90. The van der Waals surface area contributed by atoms with E-state index in [0.717, 1.165) is 22.5 Å². The van der Waals surface area contributed by atoms with Crippen LogP contribution in [0.15, 0.2) is 42.6 Å². The van der Waals surface area contributed by atoms with Gasteiger partial charge in [0.25, 0.3) is 0 Å². The molecule has 0 saturated heterocycles. The fourth-order valence-electron chi connectivity index (χ4n) is 2.44. The molecule has 0 aliphatic heterocycles. The number of hydrogen-bond donors (Lipinski definition) is 1. The number of pyridine rings is 1. The molecular weight excluding hydrogens is 302 g/mol. The van der Waals surface area contributed by atoms with Gasteiger partial charge >= 0.3 is 0 Å². The number of nitrogens with zero attached hydrogens (tertiary/aromatic N) is 2. The lowest BCUT2D eigenvalue weighted by atomic mass is 10.1. The molecule has 2 aromatic rings. The summed E-state index contributed by atoms with van der Waals surface area (Å²) in [4.78, 5) is 29.8. The van der Waals surface area contributed by atoms with Gasteiger partial charge in [-0.15, -0.1) is 0 Å². The third kappa shape index (κ3) is 5.19. The van der Waals surface area contributed by atoms with Crippen LogP contribution in [-0.2, 0) is 16.1 Å². The molecule has 1 aromatic carbocycles. The molecule has 0 aliphatic rings. The van der Waals surface area contributed by atoms with Crippen LogP contribution >= 0.6 is 0 Å². The molecule has 2 amide bonds. The molecule has 24 heavy (non-hydrogen) atoms. The molecule has 1 aromatic heterocycles. The number of benzene rings is 1. The van der Waals surface area contributed by atoms with Crippen molar-refractivity contribution in [3.05, 3.63) is 59.4 Å². The zero-order chi connectivity index (χ0) is 17.5. The van der Waals surface area contributed by atoms with Gasteiger partial charge < -0.3 is 10.2 Å². The molecule has 0 radical (unpaired) electrons. The molecule has 0 spiro atoms. The molecule has 5 heteroatoms. The summed E-state index contributed by atoms with van der Waals surface area (Å²) in [6.07, 6.45) is 1.94. The number of amides is 2. The summed E-state index contributed by atoms with van der Waals surface area (Å²) in [6.45, 7) is 6.26. The van der Waals surface area contributed by atoms with E-state index in [2.05, 4.69) is 10.3 Å². The Labute approximate surface area is 142 Å². The van der Waals surface area contributed by atoms with Gasteiger partial charge in [-0.05, 0) is 37.6 Å². The molecular formula is C19H23N3O2. The summed E-state index contributed by atoms with van der Waals surface area (Å²) in [5.41, 5.74) is 3.80. The molecule has 0 aliphatic carbocycles. The minimum Gasteiger partial charge on any atom is -0.337 e. The van der Waals surface area contributed by atoms with Crippen molar-refractivity contribution in [2.45, 2.75) is 33.7 Å². The Bertz CT molecular complexity index is 714. The van der Waals surface area contributed by atoms with Gasteiger partial charge in [0.2, 0.25) is 11.8 Å². The number of carbonyl (C=O) groups excluding carboxylic acids is 2. The number of carbonyl (C=O) groups is 2. The molecule has 1 heterocycles. The average molecular weight is 325 g/mol. The molecule has 0 saturated carbocycles. The zero-order valence-electron chi connectivity index (χ0n) is 14.4. The maximum atomic E-state index is 12.2. The van der Waals surface area contributed by atoms with Crippen LogP contribution < -0.4 is 5.32 Å². The number of aryl methyl sites for hydroxylation is 2. The van der Waals surface area contributed by atoms with E-state index in [0.29, 0.717) is 13.1 Å². The van der Waals surface area contributed by atoms with E-state index in [1.54, 1.807) is 11.1 Å². The molecule has 0 unspecified atom stereocenters. The summed E-state index contributed by atoms with van der Waals surface area (Å²) in [6, 6.07) is 11.5. The third-order valence-corrected chi connectivity index (χ3v) is 3.79. The van der Waals surface area contributed by atoms with E-state index >= 15 is 0 Å². The van der Waals surface area contributed by atoms with Crippen LogP contribution in [0.4, 0.5) is 5.69 Å². The van der Waals surface area contributed by atoms with Crippen molar-refractivity contribution < 1.29 is 9.59 Å². The Hall–Kier alpha value is -2.69. The van der Waals surface area contributed by atoms with E-state index in [1.807, 2.05) is 50.2 Å². The second kappa shape index (κ2) is 8.24. The van der Waals surface area contributed by atoms with Crippen LogP contribution in [0.2, 0.25) is 0 Å². The fraction of sp³-hybridized carbons (Fsp3) is 0.316. The second-order valence-electron chi connectivity index (χ2n) is 5.88. The van der Waals surface area contributed by atoms with Crippen molar-refractivity contribution in [1.82, 2.24) is 9.88 Å². The molecule has 5 nitrogen and oxygen atoms in total. The minimum absolute atomic E-state index is 0.0695. The predicted molar refractivity (Wildman–Crippen MR) is 94.5 cm³/mol. The number of rotatable bonds is 6. The Morgan fingerprint density at radius 2 is 1.96 bits per heavy atom. The van der Waals surface area contributed by atoms with Crippen molar-refractivity contribution in [3.8, 4) is 0 Å².